The highest BCUT2D eigenvalue weighted by Gasteiger charge is 1.73. The predicted octanol–water partition coefficient (Wildman–Crippen LogP) is 1.56. The van der Waals surface area contributed by atoms with E-state index in [1.807, 2.05) is 12.3 Å². The Kier molecular flexibility index (Phi) is 4.00. The lowest BCUT2D eigenvalue weighted by Gasteiger charge is -1.85. The lowest BCUT2D eigenvalue weighted by Crippen LogP contribution is -1.87. The molecule has 0 spiro atoms. The van der Waals surface area contributed by atoms with Crippen LogP contribution in [0.3, 0.4) is 0 Å². The molecule has 0 aromatic carbocycles. The molecule has 2 N–H and O–H groups in total. The van der Waals surface area contributed by atoms with Crippen LogP contribution in [0.1, 0.15) is 13.8 Å². The van der Waals surface area contributed by atoms with Crippen molar-refractivity contribution < 1.29 is 0 Å². The van der Waals surface area contributed by atoms with Gasteiger partial charge in [-0.05, 0) is 18.1 Å². The van der Waals surface area contributed by atoms with Crippen LogP contribution in [0.15, 0.2) is 11.1 Å². The zero-order chi connectivity index (χ0) is 5.70. The number of hydrogen-bond acceptors (Lipinski definition) is 2. The molecule has 7 heavy (non-hydrogen) atoms. The largest absolute Gasteiger partial charge is 0.402 e. The maximum Gasteiger partial charge on any atom is 0.0113 e. The van der Waals surface area contributed by atoms with Crippen LogP contribution < -0.4 is 5.73 Å². The van der Waals surface area contributed by atoms with Gasteiger partial charge >= 0.3 is 0 Å². The molecule has 0 aliphatic carbocycles. The molecule has 1 nitrogen and oxygen atoms in total. The molecule has 0 unspecified atom stereocenters. The maximum atomic E-state index is 5.32. The van der Waals surface area contributed by atoms with Crippen LogP contribution in [-0.2, 0) is 0 Å². The Morgan fingerprint density at radius 3 is 2.57 bits per heavy atom. The van der Waals surface area contributed by atoms with Crippen molar-refractivity contribution >= 4 is 11.8 Å². The summed E-state index contributed by atoms with van der Waals surface area (Å²) in [7, 11) is 0. The van der Waals surface area contributed by atoms with Crippen molar-refractivity contribution in [3.8, 4) is 0 Å². The van der Waals surface area contributed by atoms with E-state index in [2.05, 4.69) is 6.92 Å². The summed E-state index contributed by atoms with van der Waals surface area (Å²) in [6.45, 7) is 3.99. The molecule has 0 rings (SSSR count). The minimum Gasteiger partial charge on any atom is -0.402 e. The molecule has 0 atom stereocenters. The fourth-order valence-corrected chi connectivity index (χ4v) is 0.644. The topological polar surface area (TPSA) is 26.0 Å². The predicted molar refractivity (Wildman–Crippen MR) is 36.1 cm³/mol. The fraction of sp³-hybridized carbons (Fsp3) is 0.600. The van der Waals surface area contributed by atoms with Gasteiger partial charge in [-0.2, -0.15) is 0 Å². The van der Waals surface area contributed by atoms with Gasteiger partial charge in [-0.3, -0.25) is 0 Å². The van der Waals surface area contributed by atoms with Crippen molar-refractivity contribution in [2.24, 2.45) is 5.73 Å². The highest BCUT2D eigenvalue weighted by molar-refractivity contribution is 8.02. The zero-order valence-corrected chi connectivity index (χ0v) is 5.59. The third-order valence-electron chi connectivity index (χ3n) is 0.436. The van der Waals surface area contributed by atoms with Crippen molar-refractivity contribution in [3.63, 3.8) is 0 Å². The molecule has 0 aromatic heterocycles. The van der Waals surface area contributed by atoms with Crippen molar-refractivity contribution in [2.45, 2.75) is 13.8 Å². The van der Waals surface area contributed by atoms with Gasteiger partial charge < -0.3 is 5.73 Å². The van der Waals surface area contributed by atoms with Crippen LogP contribution in [0.5, 0.6) is 0 Å². The maximum absolute atomic E-state index is 5.32. The molecule has 0 heterocycles. The third-order valence-corrected chi connectivity index (χ3v) is 1.31. The van der Waals surface area contributed by atoms with Gasteiger partial charge in [-0.15, -0.1) is 11.8 Å². The average Bonchev–Trinajstić information content (AvgIpc) is 1.61. The second-order valence-electron chi connectivity index (χ2n) is 1.32. The minimum atomic E-state index is 0.895. The molecular formula is C5H11NS. The van der Waals surface area contributed by atoms with E-state index in [1.54, 1.807) is 11.8 Å². The van der Waals surface area contributed by atoms with E-state index in [4.69, 9.17) is 5.73 Å². The van der Waals surface area contributed by atoms with Gasteiger partial charge in [0.05, 0.1) is 0 Å². The SMILES string of the molecule is CCSC=C(C)N. The summed E-state index contributed by atoms with van der Waals surface area (Å²) in [4.78, 5) is 0. The van der Waals surface area contributed by atoms with Crippen LogP contribution in [-0.4, -0.2) is 5.75 Å². The molecule has 0 radical (unpaired) electrons. The minimum absolute atomic E-state index is 0.895. The molecule has 0 aromatic rings. The van der Waals surface area contributed by atoms with Crippen LogP contribution in [0.4, 0.5) is 0 Å². The summed E-state index contributed by atoms with van der Waals surface area (Å²) in [5.41, 5.74) is 6.21. The van der Waals surface area contributed by atoms with E-state index in [1.165, 1.54) is 0 Å². The molecule has 0 fully saturated rings. The van der Waals surface area contributed by atoms with E-state index in [9.17, 15) is 0 Å². The summed E-state index contributed by atoms with van der Waals surface area (Å²) in [5.74, 6) is 1.11. The summed E-state index contributed by atoms with van der Waals surface area (Å²) in [5, 5.41) is 1.96. The number of hydrogen-bond donors (Lipinski definition) is 1. The molecule has 2 heteroatoms. The molecule has 0 aliphatic rings. The summed E-state index contributed by atoms with van der Waals surface area (Å²) in [6.07, 6.45) is 0. The molecule has 0 saturated carbocycles. The van der Waals surface area contributed by atoms with Crippen molar-refractivity contribution in [1.82, 2.24) is 0 Å². The third kappa shape index (κ3) is 5.89. The molecule has 42 valence electrons. The standard InChI is InChI=1S/C5H11NS/c1-3-7-4-5(2)6/h4H,3,6H2,1-2H3. The fourth-order valence-electron chi connectivity index (χ4n) is 0.215. The molecule has 0 bridgehead atoms. The highest BCUT2D eigenvalue weighted by Crippen LogP contribution is 2.00. The number of rotatable bonds is 2. The first-order valence-electron chi connectivity index (χ1n) is 2.31. The van der Waals surface area contributed by atoms with Crippen LogP contribution >= 0.6 is 11.8 Å². The van der Waals surface area contributed by atoms with E-state index >= 15 is 0 Å². The first-order valence-corrected chi connectivity index (χ1v) is 3.36. The van der Waals surface area contributed by atoms with Gasteiger partial charge in [-0.25, -0.2) is 0 Å². The summed E-state index contributed by atoms with van der Waals surface area (Å²) < 4.78 is 0. The Morgan fingerprint density at radius 2 is 2.43 bits per heavy atom. The zero-order valence-electron chi connectivity index (χ0n) is 4.77. The summed E-state index contributed by atoms with van der Waals surface area (Å²) >= 11 is 1.73. The van der Waals surface area contributed by atoms with Gasteiger partial charge in [0, 0.05) is 5.70 Å². The lowest BCUT2D eigenvalue weighted by molar-refractivity contribution is 1.33. The van der Waals surface area contributed by atoms with Gasteiger partial charge in [-0.1, -0.05) is 6.92 Å². The second-order valence-corrected chi connectivity index (χ2v) is 2.46. The molecule has 0 amide bonds. The normalized spacial score (nSPS) is 12.0. The molecule has 0 saturated heterocycles. The van der Waals surface area contributed by atoms with Gasteiger partial charge in [0.1, 0.15) is 0 Å². The van der Waals surface area contributed by atoms with E-state index in [0.29, 0.717) is 0 Å². The lowest BCUT2D eigenvalue weighted by atomic mass is 10.6. The van der Waals surface area contributed by atoms with Crippen molar-refractivity contribution in [3.05, 3.63) is 11.1 Å². The number of allylic oxidation sites excluding steroid dienone is 1. The Labute approximate surface area is 49.0 Å². The Bertz CT molecular complexity index is 64.5. The average molecular weight is 117 g/mol. The monoisotopic (exact) mass is 117 g/mol. The first kappa shape index (κ1) is 6.89. The smallest absolute Gasteiger partial charge is 0.0113 e. The molecule has 0 aliphatic heterocycles. The Morgan fingerprint density at radius 1 is 1.86 bits per heavy atom. The van der Waals surface area contributed by atoms with E-state index in [0.717, 1.165) is 11.4 Å². The van der Waals surface area contributed by atoms with Crippen molar-refractivity contribution in [2.75, 3.05) is 5.75 Å². The summed E-state index contributed by atoms with van der Waals surface area (Å²) in [6, 6.07) is 0. The Hall–Kier alpha value is -0.110. The first-order chi connectivity index (χ1) is 3.27. The van der Waals surface area contributed by atoms with Crippen LogP contribution in [0, 0.1) is 0 Å². The second kappa shape index (κ2) is 4.06. The van der Waals surface area contributed by atoms with Crippen molar-refractivity contribution in [1.29, 1.82) is 0 Å². The van der Waals surface area contributed by atoms with Gasteiger partial charge in [0.15, 0.2) is 0 Å². The van der Waals surface area contributed by atoms with Crippen LogP contribution in [0.2, 0.25) is 0 Å². The highest BCUT2D eigenvalue weighted by atomic mass is 32.2. The van der Waals surface area contributed by atoms with E-state index in [-0.39, 0.29) is 0 Å². The Balaban J connectivity index is 3.08. The number of thioether (sulfide) groups is 1. The number of nitrogens with two attached hydrogens (primary N) is 1. The quantitative estimate of drug-likeness (QED) is 0.594. The van der Waals surface area contributed by atoms with Crippen LogP contribution in [0.25, 0.3) is 0 Å². The van der Waals surface area contributed by atoms with Gasteiger partial charge in [0.2, 0.25) is 0 Å². The van der Waals surface area contributed by atoms with Gasteiger partial charge in [0.25, 0.3) is 0 Å². The van der Waals surface area contributed by atoms with E-state index < -0.39 is 0 Å². The molecular weight excluding hydrogens is 106 g/mol.